The fraction of sp³-hybridized carbons (Fsp3) is 0.200. The van der Waals surface area contributed by atoms with Crippen LogP contribution in [0.25, 0.3) is 0 Å². The Morgan fingerprint density at radius 3 is 2.67 bits per heavy atom. The lowest BCUT2D eigenvalue weighted by atomic mass is 10.1. The molecule has 6 nitrogen and oxygen atoms in total. The average molecular weight is 622 g/mol. The highest BCUT2D eigenvalue weighted by Crippen LogP contribution is 2.34. The Labute approximate surface area is 216 Å². The summed E-state index contributed by atoms with van der Waals surface area (Å²) in [6.45, 7) is 6.89. The maximum Gasteiger partial charge on any atom is 0.339 e. The molecule has 0 aliphatic carbocycles. The molecule has 8 heteroatoms. The SMILES string of the molecule is CCOc1cc(/C=N/NC(=O)Nc2ccc(Br)c(C)c2)cc(I)c1OCc1cccc(C)c1. The minimum Gasteiger partial charge on any atom is -0.490 e. The molecule has 2 amide bonds. The molecule has 3 aromatic rings. The van der Waals surface area contributed by atoms with E-state index in [2.05, 4.69) is 73.4 Å². The topological polar surface area (TPSA) is 72.0 Å². The van der Waals surface area contributed by atoms with E-state index in [-0.39, 0.29) is 0 Å². The standard InChI is InChI=1S/C25H25BrIN3O3/c1-4-32-23-13-19(12-22(27)24(23)33-15-18-7-5-6-16(2)10-18)14-28-30-25(31)29-20-8-9-21(26)17(3)11-20/h5-14H,4,15H2,1-3H3,(H2,29,30,31)/b28-14+. The summed E-state index contributed by atoms with van der Waals surface area (Å²) < 4.78 is 13.8. The maximum atomic E-state index is 12.1. The smallest absolute Gasteiger partial charge is 0.339 e. The highest BCUT2D eigenvalue weighted by molar-refractivity contribution is 14.1. The van der Waals surface area contributed by atoms with Crippen LogP contribution >= 0.6 is 38.5 Å². The zero-order chi connectivity index (χ0) is 23.8. The second-order valence-corrected chi connectivity index (χ2v) is 9.35. The lowest BCUT2D eigenvalue weighted by Gasteiger charge is -2.15. The van der Waals surface area contributed by atoms with Gasteiger partial charge in [0.2, 0.25) is 0 Å². The molecule has 0 aliphatic rings. The number of halogens is 2. The Morgan fingerprint density at radius 1 is 1.12 bits per heavy atom. The van der Waals surface area contributed by atoms with Crippen molar-refractivity contribution >= 4 is 56.5 Å². The first-order valence-corrected chi connectivity index (χ1v) is 12.2. The number of rotatable bonds is 8. The number of nitrogens with one attached hydrogen (secondary N) is 2. The summed E-state index contributed by atoms with van der Waals surface area (Å²) in [5, 5.41) is 6.81. The molecule has 0 fully saturated rings. The van der Waals surface area contributed by atoms with Crippen molar-refractivity contribution in [2.75, 3.05) is 11.9 Å². The van der Waals surface area contributed by atoms with Gasteiger partial charge in [-0.2, -0.15) is 5.10 Å². The zero-order valence-electron chi connectivity index (χ0n) is 18.6. The summed E-state index contributed by atoms with van der Waals surface area (Å²) in [6, 6.07) is 17.1. The van der Waals surface area contributed by atoms with Crippen LogP contribution in [0.5, 0.6) is 11.5 Å². The number of hydrogen-bond donors (Lipinski definition) is 2. The van der Waals surface area contributed by atoms with Crippen molar-refractivity contribution in [1.29, 1.82) is 0 Å². The number of nitrogens with zero attached hydrogens (tertiary/aromatic N) is 1. The summed E-state index contributed by atoms with van der Waals surface area (Å²) in [5.74, 6) is 1.32. The minimum absolute atomic E-state index is 0.425. The van der Waals surface area contributed by atoms with Crippen LogP contribution in [-0.2, 0) is 6.61 Å². The predicted octanol–water partition coefficient (Wildman–Crippen LogP) is 6.80. The highest BCUT2D eigenvalue weighted by atomic mass is 127. The Hall–Kier alpha value is -2.59. The lowest BCUT2D eigenvalue weighted by molar-refractivity contribution is 0.252. The van der Waals surface area contributed by atoms with E-state index in [1.54, 1.807) is 6.21 Å². The van der Waals surface area contributed by atoms with Crippen LogP contribution in [0.2, 0.25) is 0 Å². The molecule has 0 spiro atoms. The molecule has 0 saturated carbocycles. The molecule has 0 atom stereocenters. The number of hydrogen-bond acceptors (Lipinski definition) is 4. The third kappa shape index (κ3) is 7.46. The van der Waals surface area contributed by atoms with Gasteiger partial charge in [0.05, 0.1) is 16.4 Å². The second-order valence-electron chi connectivity index (χ2n) is 7.33. The van der Waals surface area contributed by atoms with Crippen molar-refractivity contribution in [1.82, 2.24) is 5.43 Å². The number of carbonyl (C=O) groups is 1. The first-order valence-electron chi connectivity index (χ1n) is 10.4. The molecule has 0 radical (unpaired) electrons. The van der Waals surface area contributed by atoms with Gasteiger partial charge in [0.25, 0.3) is 0 Å². The molecule has 2 N–H and O–H groups in total. The van der Waals surface area contributed by atoms with Gasteiger partial charge in [-0.3, -0.25) is 0 Å². The third-order valence-electron chi connectivity index (χ3n) is 4.59. The van der Waals surface area contributed by atoms with Crippen LogP contribution in [0.4, 0.5) is 10.5 Å². The van der Waals surface area contributed by atoms with Crippen LogP contribution < -0.4 is 20.2 Å². The Balaban J connectivity index is 1.66. The fourth-order valence-corrected chi connectivity index (χ4v) is 4.10. The molecule has 0 bridgehead atoms. The largest absolute Gasteiger partial charge is 0.490 e. The van der Waals surface area contributed by atoms with E-state index in [0.29, 0.717) is 30.4 Å². The molecular formula is C25H25BrIN3O3. The molecule has 0 aromatic heterocycles. The summed E-state index contributed by atoms with van der Waals surface area (Å²) in [7, 11) is 0. The van der Waals surface area contributed by atoms with Crippen LogP contribution in [-0.4, -0.2) is 18.9 Å². The molecular weight excluding hydrogens is 597 g/mol. The van der Waals surface area contributed by atoms with E-state index in [9.17, 15) is 4.79 Å². The zero-order valence-corrected chi connectivity index (χ0v) is 22.4. The number of anilines is 1. The van der Waals surface area contributed by atoms with Gasteiger partial charge in [0.15, 0.2) is 11.5 Å². The molecule has 0 aliphatic heterocycles. The van der Waals surface area contributed by atoms with E-state index in [0.717, 1.165) is 24.7 Å². The monoisotopic (exact) mass is 621 g/mol. The maximum absolute atomic E-state index is 12.1. The van der Waals surface area contributed by atoms with E-state index in [4.69, 9.17) is 9.47 Å². The first kappa shape index (κ1) is 25.0. The quantitative estimate of drug-likeness (QED) is 0.165. The Bertz CT molecular complexity index is 1170. The van der Waals surface area contributed by atoms with E-state index >= 15 is 0 Å². The van der Waals surface area contributed by atoms with Gasteiger partial charge in [-0.25, -0.2) is 10.2 Å². The van der Waals surface area contributed by atoms with Gasteiger partial charge in [-0.1, -0.05) is 45.8 Å². The van der Waals surface area contributed by atoms with Crippen molar-refractivity contribution in [3.8, 4) is 11.5 Å². The van der Waals surface area contributed by atoms with Crippen molar-refractivity contribution in [2.45, 2.75) is 27.4 Å². The van der Waals surface area contributed by atoms with Crippen molar-refractivity contribution < 1.29 is 14.3 Å². The summed E-state index contributed by atoms with van der Waals surface area (Å²) in [5.41, 5.74) is 7.26. The van der Waals surface area contributed by atoms with Crippen molar-refractivity contribution in [2.24, 2.45) is 5.10 Å². The lowest BCUT2D eigenvalue weighted by Crippen LogP contribution is -2.24. The highest BCUT2D eigenvalue weighted by Gasteiger charge is 2.12. The molecule has 0 heterocycles. The Morgan fingerprint density at radius 2 is 1.94 bits per heavy atom. The molecule has 3 aromatic carbocycles. The second kappa shape index (κ2) is 12.0. The number of carbonyl (C=O) groups excluding carboxylic acids is 1. The summed E-state index contributed by atoms with van der Waals surface area (Å²) in [6.07, 6.45) is 1.57. The van der Waals surface area contributed by atoms with Gasteiger partial charge in [-0.05, 0) is 90.4 Å². The molecule has 172 valence electrons. The van der Waals surface area contributed by atoms with Crippen LogP contribution in [0.3, 0.4) is 0 Å². The minimum atomic E-state index is -0.425. The number of benzene rings is 3. The predicted molar refractivity (Wildman–Crippen MR) is 144 cm³/mol. The molecule has 0 saturated heterocycles. The average Bonchev–Trinajstić information content (AvgIpc) is 2.76. The third-order valence-corrected chi connectivity index (χ3v) is 6.28. The van der Waals surface area contributed by atoms with Crippen LogP contribution in [0.15, 0.2) is 64.2 Å². The van der Waals surface area contributed by atoms with Gasteiger partial charge < -0.3 is 14.8 Å². The van der Waals surface area contributed by atoms with Crippen molar-refractivity contribution in [3.05, 3.63) is 84.9 Å². The van der Waals surface area contributed by atoms with Crippen molar-refractivity contribution in [3.63, 3.8) is 0 Å². The number of urea groups is 1. The van der Waals surface area contributed by atoms with E-state index in [1.165, 1.54) is 5.56 Å². The van der Waals surface area contributed by atoms with Gasteiger partial charge >= 0.3 is 6.03 Å². The van der Waals surface area contributed by atoms with E-state index < -0.39 is 6.03 Å². The van der Waals surface area contributed by atoms with E-state index in [1.807, 2.05) is 56.3 Å². The first-order chi connectivity index (χ1) is 15.9. The number of hydrazone groups is 1. The number of amides is 2. The molecule has 3 rings (SSSR count). The fourth-order valence-electron chi connectivity index (χ4n) is 3.07. The van der Waals surface area contributed by atoms with Gasteiger partial charge in [-0.15, -0.1) is 0 Å². The Kier molecular flexibility index (Phi) is 9.13. The number of aryl methyl sites for hydroxylation is 2. The summed E-state index contributed by atoms with van der Waals surface area (Å²) >= 11 is 5.66. The van der Waals surface area contributed by atoms with Gasteiger partial charge in [0, 0.05) is 10.2 Å². The van der Waals surface area contributed by atoms with Crippen LogP contribution in [0, 0.1) is 17.4 Å². The van der Waals surface area contributed by atoms with Crippen LogP contribution in [0.1, 0.15) is 29.2 Å². The number of ether oxygens (including phenoxy) is 2. The van der Waals surface area contributed by atoms with Gasteiger partial charge in [0.1, 0.15) is 6.61 Å². The normalized spacial score (nSPS) is 10.8. The summed E-state index contributed by atoms with van der Waals surface area (Å²) in [4.78, 5) is 12.1. The molecule has 33 heavy (non-hydrogen) atoms. The molecule has 0 unspecified atom stereocenters.